The van der Waals surface area contributed by atoms with Gasteiger partial charge in [-0.25, -0.2) is 0 Å². The van der Waals surface area contributed by atoms with E-state index in [1.54, 1.807) is 0 Å². The van der Waals surface area contributed by atoms with Crippen molar-refractivity contribution in [1.29, 1.82) is 0 Å². The van der Waals surface area contributed by atoms with Crippen molar-refractivity contribution in [2.24, 2.45) is 29.6 Å². The fourth-order valence-corrected chi connectivity index (χ4v) is 6.46. The summed E-state index contributed by atoms with van der Waals surface area (Å²) in [4.78, 5) is 39.3. The molecule has 0 aromatic rings. The maximum Gasteiger partial charge on any atom is 0.224 e. The fourth-order valence-electron chi connectivity index (χ4n) is 6.46. The molecule has 0 bridgehead atoms. The molecule has 3 aliphatic rings. The number of Topliss-reactive ketones (excluding diaryl/α,β-unsaturated/α-hetero) is 1. The number of carbonyl (C=O) groups is 3. The van der Waals surface area contributed by atoms with Crippen molar-refractivity contribution in [2.45, 2.75) is 129 Å². The summed E-state index contributed by atoms with van der Waals surface area (Å²) in [6, 6.07) is 0.371. The predicted molar refractivity (Wildman–Crippen MR) is 133 cm³/mol. The van der Waals surface area contributed by atoms with Crippen molar-refractivity contribution >= 4 is 17.6 Å². The first kappa shape index (κ1) is 26.2. The summed E-state index contributed by atoms with van der Waals surface area (Å²) in [5, 5.41) is 6.43. The van der Waals surface area contributed by atoms with E-state index >= 15 is 0 Å². The van der Waals surface area contributed by atoms with Gasteiger partial charge in [-0.2, -0.15) is 0 Å². The van der Waals surface area contributed by atoms with Crippen LogP contribution in [0, 0.1) is 29.6 Å². The molecule has 0 aromatic carbocycles. The Morgan fingerprint density at radius 3 is 1.76 bits per heavy atom. The number of ketones is 1. The summed E-state index contributed by atoms with van der Waals surface area (Å²) in [5.74, 6) is 1.40. The maximum absolute atomic E-state index is 13.3. The molecule has 3 aliphatic carbocycles. The largest absolute Gasteiger partial charge is 0.353 e. The highest BCUT2D eigenvalue weighted by Crippen LogP contribution is 2.33. The van der Waals surface area contributed by atoms with Crippen LogP contribution in [0.2, 0.25) is 0 Å². The third-order valence-electron chi connectivity index (χ3n) is 8.95. The zero-order valence-corrected chi connectivity index (χ0v) is 21.4. The minimum absolute atomic E-state index is 0.0653. The van der Waals surface area contributed by atoms with Crippen molar-refractivity contribution in [2.75, 3.05) is 0 Å². The molecule has 0 aromatic heterocycles. The van der Waals surface area contributed by atoms with E-state index in [4.69, 9.17) is 0 Å². The third-order valence-corrected chi connectivity index (χ3v) is 8.95. The molecule has 188 valence electrons. The van der Waals surface area contributed by atoms with Gasteiger partial charge in [0.15, 0.2) is 0 Å². The summed E-state index contributed by atoms with van der Waals surface area (Å²) >= 11 is 0. The van der Waals surface area contributed by atoms with Crippen LogP contribution in [0.25, 0.3) is 0 Å². The number of hydrogen-bond donors (Lipinski definition) is 2. The molecular weight excluding hydrogens is 412 g/mol. The van der Waals surface area contributed by atoms with Crippen molar-refractivity contribution in [3.8, 4) is 0 Å². The van der Waals surface area contributed by atoms with Gasteiger partial charge in [-0.05, 0) is 55.8 Å². The Bertz CT molecular complexity index is 626. The maximum atomic E-state index is 13.3. The monoisotopic (exact) mass is 460 g/mol. The molecule has 0 radical (unpaired) electrons. The average molecular weight is 461 g/mol. The highest BCUT2D eigenvalue weighted by Gasteiger charge is 2.32. The first-order valence-electron chi connectivity index (χ1n) is 13.9. The van der Waals surface area contributed by atoms with E-state index < -0.39 is 5.92 Å². The molecule has 3 saturated carbocycles. The lowest BCUT2D eigenvalue weighted by Crippen LogP contribution is -2.46. The Balaban J connectivity index is 1.60. The zero-order chi connectivity index (χ0) is 23.8. The lowest BCUT2D eigenvalue weighted by atomic mass is 9.77. The van der Waals surface area contributed by atoms with Gasteiger partial charge in [0.2, 0.25) is 11.8 Å². The summed E-state index contributed by atoms with van der Waals surface area (Å²) < 4.78 is 0. The van der Waals surface area contributed by atoms with Crippen LogP contribution in [0.4, 0.5) is 0 Å². The van der Waals surface area contributed by atoms with Gasteiger partial charge >= 0.3 is 0 Å². The molecule has 0 spiro atoms. The van der Waals surface area contributed by atoms with Crippen LogP contribution in [0.15, 0.2) is 0 Å². The predicted octanol–water partition coefficient (Wildman–Crippen LogP) is 5.56. The molecule has 0 aliphatic heterocycles. The van der Waals surface area contributed by atoms with Crippen LogP contribution in [0.5, 0.6) is 0 Å². The van der Waals surface area contributed by atoms with E-state index in [9.17, 15) is 14.4 Å². The first-order chi connectivity index (χ1) is 15.8. The average Bonchev–Trinajstić information content (AvgIpc) is 2.78. The topological polar surface area (TPSA) is 75.3 Å². The Hall–Kier alpha value is -1.39. The molecule has 7 atom stereocenters. The molecule has 2 amide bonds. The standard InChI is InChI=1S/C28H48N2O3/c1-19-10-4-7-13-22(19)16-24(31)17-23(28(33)30-26-15-9-6-12-21(26)3)18-27(32)29-25-14-8-5-11-20(25)2/h19-23,25-26H,4-18H2,1-3H3,(H,29,32)(H,30,33). The first-order valence-corrected chi connectivity index (χ1v) is 13.9. The van der Waals surface area contributed by atoms with Gasteiger partial charge in [0.25, 0.3) is 0 Å². The SMILES string of the molecule is CC1CCCCC1CC(=O)CC(CC(=O)NC1CCCCC1C)C(=O)NC1CCCCC1C. The summed E-state index contributed by atoms with van der Waals surface area (Å²) in [6.07, 6.45) is 14.7. The van der Waals surface area contributed by atoms with E-state index in [1.807, 2.05) is 0 Å². The molecule has 0 heterocycles. The second-order valence-electron chi connectivity index (χ2n) is 11.7. The van der Waals surface area contributed by atoms with Crippen LogP contribution in [0.1, 0.15) is 117 Å². The van der Waals surface area contributed by atoms with Crippen LogP contribution in [-0.4, -0.2) is 29.7 Å². The van der Waals surface area contributed by atoms with E-state index in [-0.39, 0.29) is 42.5 Å². The van der Waals surface area contributed by atoms with E-state index in [1.165, 1.54) is 32.1 Å². The van der Waals surface area contributed by atoms with Crippen LogP contribution in [-0.2, 0) is 14.4 Å². The molecule has 3 fully saturated rings. The minimum Gasteiger partial charge on any atom is -0.353 e. The minimum atomic E-state index is -0.551. The highest BCUT2D eigenvalue weighted by molar-refractivity contribution is 5.90. The summed E-state index contributed by atoms with van der Waals surface area (Å²) in [6.45, 7) is 6.66. The van der Waals surface area contributed by atoms with Gasteiger partial charge in [0, 0.05) is 31.3 Å². The number of carbonyl (C=O) groups excluding carboxylic acids is 3. The number of rotatable bonds is 9. The smallest absolute Gasteiger partial charge is 0.224 e. The third kappa shape index (κ3) is 8.10. The second-order valence-corrected chi connectivity index (χ2v) is 11.7. The Morgan fingerprint density at radius 2 is 1.18 bits per heavy atom. The van der Waals surface area contributed by atoms with Gasteiger partial charge in [0.05, 0.1) is 5.92 Å². The van der Waals surface area contributed by atoms with Gasteiger partial charge in [0.1, 0.15) is 5.78 Å². The Kier molecular flexibility index (Phi) is 10.2. The lowest BCUT2D eigenvalue weighted by Gasteiger charge is -2.32. The zero-order valence-electron chi connectivity index (χ0n) is 21.4. The van der Waals surface area contributed by atoms with Crippen molar-refractivity contribution in [1.82, 2.24) is 10.6 Å². The highest BCUT2D eigenvalue weighted by atomic mass is 16.2. The summed E-state index contributed by atoms with van der Waals surface area (Å²) in [7, 11) is 0. The van der Waals surface area contributed by atoms with Crippen molar-refractivity contribution in [3.05, 3.63) is 0 Å². The number of amides is 2. The number of nitrogens with one attached hydrogen (secondary N) is 2. The molecule has 5 nitrogen and oxygen atoms in total. The molecule has 3 rings (SSSR count). The Labute approximate surface area is 201 Å². The van der Waals surface area contributed by atoms with Gasteiger partial charge in [-0.15, -0.1) is 0 Å². The van der Waals surface area contributed by atoms with E-state index in [2.05, 4.69) is 31.4 Å². The molecule has 7 unspecified atom stereocenters. The fraction of sp³-hybridized carbons (Fsp3) is 0.893. The molecule has 2 N–H and O–H groups in total. The quantitative estimate of drug-likeness (QED) is 0.473. The van der Waals surface area contributed by atoms with Crippen LogP contribution >= 0.6 is 0 Å². The second kappa shape index (κ2) is 12.9. The van der Waals surface area contributed by atoms with Gasteiger partial charge in [-0.3, -0.25) is 14.4 Å². The van der Waals surface area contributed by atoms with Gasteiger partial charge in [-0.1, -0.05) is 65.7 Å². The molecule has 5 heteroatoms. The van der Waals surface area contributed by atoms with E-state index in [0.717, 1.165) is 44.9 Å². The van der Waals surface area contributed by atoms with Crippen molar-refractivity contribution < 1.29 is 14.4 Å². The van der Waals surface area contributed by atoms with E-state index in [0.29, 0.717) is 30.1 Å². The van der Waals surface area contributed by atoms with Gasteiger partial charge < -0.3 is 10.6 Å². The lowest BCUT2D eigenvalue weighted by molar-refractivity contribution is -0.134. The van der Waals surface area contributed by atoms with Crippen molar-refractivity contribution in [3.63, 3.8) is 0 Å². The van der Waals surface area contributed by atoms with Crippen LogP contribution < -0.4 is 10.6 Å². The van der Waals surface area contributed by atoms with Crippen LogP contribution in [0.3, 0.4) is 0 Å². The molecular formula is C28H48N2O3. The summed E-state index contributed by atoms with van der Waals surface area (Å²) in [5.41, 5.74) is 0. The molecule has 0 saturated heterocycles. The Morgan fingerprint density at radius 1 is 0.667 bits per heavy atom. The molecule has 33 heavy (non-hydrogen) atoms. The normalized spacial score (nSPS) is 33.7. The number of hydrogen-bond acceptors (Lipinski definition) is 3.